The second kappa shape index (κ2) is 8.41. The van der Waals surface area contributed by atoms with Crippen molar-refractivity contribution in [3.8, 4) is 11.5 Å². The second-order valence-corrected chi connectivity index (χ2v) is 12.1. The van der Waals surface area contributed by atoms with Gasteiger partial charge in [-0.15, -0.1) is 0 Å². The number of halogens is 1. The molecule has 0 fully saturated rings. The first kappa shape index (κ1) is 21.1. The van der Waals surface area contributed by atoms with E-state index in [2.05, 4.69) is 20.8 Å². The lowest BCUT2D eigenvalue weighted by molar-refractivity contribution is 0.287. The van der Waals surface area contributed by atoms with Gasteiger partial charge < -0.3 is 19.1 Å². The van der Waals surface area contributed by atoms with E-state index < -0.39 is 21.5 Å². The molecule has 7 heteroatoms. The van der Waals surface area contributed by atoms with Crippen LogP contribution in [0, 0.1) is 5.82 Å². The molecule has 4 nitrogen and oxygen atoms in total. The molecule has 0 aliphatic carbocycles. The third kappa shape index (κ3) is 4.53. The van der Waals surface area contributed by atoms with Crippen LogP contribution in [0.5, 0.6) is 11.5 Å². The lowest BCUT2D eigenvalue weighted by Crippen LogP contribution is -2.68. The fraction of sp³-hybridized carbons (Fsp3) is 0.182. The van der Waals surface area contributed by atoms with Crippen molar-refractivity contribution in [1.29, 1.82) is 0 Å². The molecule has 0 aliphatic rings. The molecule has 3 rings (SSSR count). The van der Waals surface area contributed by atoms with Crippen LogP contribution in [-0.2, 0) is 0 Å². The van der Waals surface area contributed by atoms with Crippen LogP contribution in [0.15, 0.2) is 78.9 Å². The quantitative estimate of drug-likeness (QED) is 0.614. The van der Waals surface area contributed by atoms with Crippen molar-refractivity contribution in [3.05, 3.63) is 84.7 Å². The van der Waals surface area contributed by atoms with Crippen molar-refractivity contribution in [3.63, 3.8) is 0 Å². The summed E-state index contributed by atoms with van der Waals surface area (Å²) in [6.07, 6.45) is 0. The minimum absolute atomic E-state index is 0.0204. The molecule has 0 aromatic heterocycles. The normalized spacial score (nSPS) is 11.8. The van der Waals surface area contributed by atoms with Crippen LogP contribution in [-0.4, -0.2) is 25.7 Å². The largest absolute Gasteiger partial charge is 0.707 e. The molecule has 3 aromatic carbocycles. The first-order chi connectivity index (χ1) is 13.7. The van der Waals surface area contributed by atoms with E-state index in [1.807, 2.05) is 60.7 Å². The van der Waals surface area contributed by atoms with Crippen LogP contribution < -0.4 is 19.5 Å². The predicted molar refractivity (Wildman–Crippen MR) is 115 cm³/mol. The van der Waals surface area contributed by atoms with E-state index in [4.69, 9.17) is 19.1 Å². The maximum atomic E-state index is 14.2. The van der Waals surface area contributed by atoms with Crippen LogP contribution in [0.4, 0.5) is 4.39 Å². The molecular formula is C22H24BFO4Si. The zero-order valence-corrected chi connectivity index (χ0v) is 17.7. The lowest BCUT2D eigenvalue weighted by atomic mass is 10.2. The first-order valence-electron chi connectivity index (χ1n) is 9.36. The van der Waals surface area contributed by atoms with Crippen LogP contribution >= 0.6 is 0 Å². The van der Waals surface area contributed by atoms with Gasteiger partial charge in [-0.05, 0) is 15.4 Å². The maximum absolute atomic E-state index is 14.2. The average molecular weight is 410 g/mol. The topological polar surface area (TPSA) is 58.9 Å². The highest BCUT2D eigenvalue weighted by Gasteiger charge is 2.52. The minimum Gasteiger partial charge on any atom is -0.534 e. The van der Waals surface area contributed by atoms with Crippen molar-refractivity contribution in [2.75, 3.05) is 0 Å². The standard InChI is InChI=1S/C22H24BFO4Si/c1-22(2,3)29(20-10-6-4-7-11-20,21-12-8-5-9-13-21)28-19-15-17(24)14-18(16-19)27-23(25)26/h4-16,25-26H,1-3H3. The van der Waals surface area contributed by atoms with Gasteiger partial charge in [0.15, 0.2) is 0 Å². The average Bonchev–Trinajstić information content (AvgIpc) is 2.65. The number of hydrogen-bond donors (Lipinski definition) is 2. The van der Waals surface area contributed by atoms with Crippen LogP contribution in [0.1, 0.15) is 20.8 Å². The Morgan fingerprint density at radius 2 is 1.28 bits per heavy atom. The van der Waals surface area contributed by atoms with E-state index >= 15 is 0 Å². The molecule has 0 radical (unpaired) electrons. The number of hydrogen-bond acceptors (Lipinski definition) is 4. The Hall–Kier alpha value is -2.61. The summed E-state index contributed by atoms with van der Waals surface area (Å²) in [6, 6.07) is 23.8. The van der Waals surface area contributed by atoms with E-state index in [1.165, 1.54) is 12.1 Å². The van der Waals surface area contributed by atoms with Gasteiger partial charge >= 0.3 is 15.6 Å². The van der Waals surface area contributed by atoms with E-state index in [-0.39, 0.29) is 16.5 Å². The smallest absolute Gasteiger partial charge is 0.534 e. The lowest BCUT2D eigenvalue weighted by Gasteiger charge is -2.43. The van der Waals surface area contributed by atoms with Crippen LogP contribution in [0.3, 0.4) is 0 Å². The van der Waals surface area contributed by atoms with Gasteiger partial charge in [-0.25, -0.2) is 4.39 Å². The van der Waals surface area contributed by atoms with Gasteiger partial charge in [-0.1, -0.05) is 81.4 Å². The van der Waals surface area contributed by atoms with Crippen molar-refractivity contribution in [2.24, 2.45) is 0 Å². The summed E-state index contributed by atoms with van der Waals surface area (Å²) in [5.74, 6) is -0.334. The van der Waals surface area contributed by atoms with E-state index in [0.717, 1.165) is 16.4 Å². The van der Waals surface area contributed by atoms with Gasteiger partial charge in [0.05, 0.1) is 0 Å². The van der Waals surface area contributed by atoms with Gasteiger partial charge in [-0.3, -0.25) is 0 Å². The Kier molecular flexibility index (Phi) is 6.12. The highest BCUT2D eigenvalue weighted by atomic mass is 28.4. The molecule has 0 aliphatic heterocycles. The third-order valence-corrected chi connectivity index (χ3v) is 9.72. The summed E-state index contributed by atoms with van der Waals surface area (Å²) < 4.78 is 25.8. The first-order valence-corrected chi connectivity index (χ1v) is 11.3. The molecule has 0 heterocycles. The Morgan fingerprint density at radius 3 is 1.72 bits per heavy atom. The molecule has 0 amide bonds. The minimum atomic E-state index is -2.92. The predicted octanol–water partition coefficient (Wildman–Crippen LogP) is 3.11. The van der Waals surface area contributed by atoms with Gasteiger partial charge in [0.1, 0.15) is 17.3 Å². The van der Waals surface area contributed by atoms with Gasteiger partial charge in [0, 0.05) is 18.2 Å². The van der Waals surface area contributed by atoms with Crippen molar-refractivity contribution in [2.45, 2.75) is 25.8 Å². The molecule has 0 atom stereocenters. The Morgan fingerprint density at radius 1 is 0.793 bits per heavy atom. The molecule has 2 N–H and O–H groups in total. The fourth-order valence-electron chi connectivity index (χ4n) is 3.61. The van der Waals surface area contributed by atoms with Gasteiger partial charge in [0.25, 0.3) is 0 Å². The highest BCUT2D eigenvalue weighted by Crippen LogP contribution is 2.38. The molecule has 0 saturated heterocycles. The maximum Gasteiger partial charge on any atom is 0.707 e. The van der Waals surface area contributed by atoms with E-state index in [9.17, 15) is 4.39 Å². The van der Waals surface area contributed by atoms with Crippen LogP contribution in [0.2, 0.25) is 5.04 Å². The monoisotopic (exact) mass is 410 g/mol. The summed E-state index contributed by atoms with van der Waals surface area (Å²) in [4.78, 5) is 0. The summed E-state index contributed by atoms with van der Waals surface area (Å²) in [7, 11) is -4.97. The summed E-state index contributed by atoms with van der Waals surface area (Å²) in [6.45, 7) is 6.36. The van der Waals surface area contributed by atoms with Gasteiger partial charge in [-0.2, -0.15) is 0 Å². The number of benzene rings is 3. The fourth-order valence-corrected chi connectivity index (χ4v) is 8.01. The Bertz CT molecular complexity index is 907. The Labute approximate surface area is 171 Å². The third-order valence-electron chi connectivity index (χ3n) is 4.77. The zero-order valence-electron chi connectivity index (χ0n) is 16.7. The highest BCUT2D eigenvalue weighted by molar-refractivity contribution is 7.00. The molecule has 0 unspecified atom stereocenters. The van der Waals surface area contributed by atoms with Crippen molar-refractivity contribution < 1.29 is 23.5 Å². The molecule has 150 valence electrons. The molecule has 0 spiro atoms. The van der Waals surface area contributed by atoms with E-state index in [1.54, 1.807) is 0 Å². The molecule has 0 bridgehead atoms. The summed E-state index contributed by atoms with van der Waals surface area (Å²) in [5.41, 5.74) is 0. The van der Waals surface area contributed by atoms with Crippen molar-refractivity contribution in [1.82, 2.24) is 0 Å². The molecule has 3 aromatic rings. The van der Waals surface area contributed by atoms with Crippen LogP contribution in [0.25, 0.3) is 0 Å². The zero-order chi connectivity index (χ0) is 21.1. The summed E-state index contributed by atoms with van der Waals surface area (Å²) >= 11 is 0. The molecular weight excluding hydrogens is 386 g/mol. The van der Waals surface area contributed by atoms with Crippen molar-refractivity contribution >= 4 is 26.0 Å². The molecule has 29 heavy (non-hydrogen) atoms. The number of rotatable bonds is 6. The second-order valence-electron chi connectivity index (χ2n) is 7.83. The SMILES string of the molecule is CC(C)(C)[Si](Oc1cc(F)cc(OB(O)O)c1)(c1ccccc1)c1ccccc1. The molecule has 0 saturated carbocycles. The van der Waals surface area contributed by atoms with E-state index in [0.29, 0.717) is 0 Å². The summed E-state index contributed by atoms with van der Waals surface area (Å²) in [5, 5.41) is 20.0. The Balaban J connectivity index is 2.21. The van der Waals surface area contributed by atoms with Gasteiger partial charge in [0.2, 0.25) is 0 Å².